The van der Waals surface area contributed by atoms with Crippen molar-refractivity contribution in [3.8, 4) is 0 Å². The molecule has 1 fully saturated rings. The Balaban J connectivity index is 2.27. The summed E-state index contributed by atoms with van der Waals surface area (Å²) in [4.78, 5) is 25.6. The van der Waals surface area contributed by atoms with Crippen LogP contribution in [-0.4, -0.2) is 32.2 Å². The van der Waals surface area contributed by atoms with Crippen LogP contribution in [0.2, 0.25) is 0 Å². The lowest BCUT2D eigenvalue weighted by molar-refractivity contribution is -0.145. The van der Waals surface area contributed by atoms with Gasteiger partial charge in [-0.15, -0.1) is 0 Å². The van der Waals surface area contributed by atoms with Gasteiger partial charge in [-0.3, -0.25) is 9.69 Å². The van der Waals surface area contributed by atoms with Gasteiger partial charge in [0.2, 0.25) is 0 Å². The van der Waals surface area contributed by atoms with E-state index in [4.69, 9.17) is 16.6 Å². The number of carboxylic acid groups (broad SMARTS) is 1. The molecule has 7 heteroatoms. The highest BCUT2D eigenvalue weighted by Crippen LogP contribution is 2.35. The molecule has 1 aromatic rings. The first-order valence-corrected chi connectivity index (χ1v) is 8.08. The number of aliphatic carboxylic acids is 1. The maximum absolute atomic E-state index is 12.5. The minimum atomic E-state index is -1.04. The molecule has 1 aliphatic rings. The Morgan fingerprint density at radius 1 is 1.50 bits per heavy atom. The van der Waals surface area contributed by atoms with Crippen LogP contribution in [0.5, 0.6) is 0 Å². The van der Waals surface area contributed by atoms with Crippen LogP contribution in [0.4, 0.5) is 0 Å². The summed E-state index contributed by atoms with van der Waals surface area (Å²) < 4.78 is 5.69. The molecule has 1 saturated heterocycles. The Kier molecular flexibility index (Phi) is 5.08. The lowest BCUT2D eigenvalue weighted by Crippen LogP contribution is -2.44. The topological polar surface area (TPSA) is 70.8 Å². The molecule has 2 rings (SSSR count). The molecule has 0 radical (unpaired) electrons. The smallest absolute Gasteiger partial charge is 0.326 e. The number of rotatable bonds is 5. The lowest BCUT2D eigenvalue weighted by atomic mass is 10.0. The van der Waals surface area contributed by atoms with Crippen molar-refractivity contribution in [2.45, 2.75) is 33.2 Å². The summed E-state index contributed by atoms with van der Waals surface area (Å²) in [5.41, 5.74) is 0. The first kappa shape index (κ1) is 16.8. The van der Waals surface area contributed by atoms with Crippen LogP contribution < -0.4 is 0 Å². The van der Waals surface area contributed by atoms with Crippen LogP contribution in [0.15, 0.2) is 21.5 Å². The fourth-order valence-electron chi connectivity index (χ4n) is 2.17. The van der Waals surface area contributed by atoms with Crippen molar-refractivity contribution in [3.63, 3.8) is 0 Å². The number of hydrogen-bond acceptors (Lipinski definition) is 5. The summed E-state index contributed by atoms with van der Waals surface area (Å²) >= 11 is 6.30. The van der Waals surface area contributed by atoms with Crippen molar-refractivity contribution in [2.24, 2.45) is 5.92 Å². The van der Waals surface area contributed by atoms with Crippen molar-refractivity contribution >= 4 is 46.3 Å². The van der Waals surface area contributed by atoms with E-state index in [2.05, 4.69) is 0 Å². The van der Waals surface area contributed by atoms with Gasteiger partial charge in [0.15, 0.2) is 0 Å². The van der Waals surface area contributed by atoms with E-state index in [0.717, 1.165) is 17.5 Å². The van der Waals surface area contributed by atoms with Crippen LogP contribution in [0, 0.1) is 12.8 Å². The van der Waals surface area contributed by atoms with Gasteiger partial charge in [0, 0.05) is 6.08 Å². The molecule has 118 valence electrons. The van der Waals surface area contributed by atoms with Gasteiger partial charge < -0.3 is 9.52 Å². The first-order chi connectivity index (χ1) is 10.3. The van der Waals surface area contributed by atoms with E-state index in [0.29, 0.717) is 17.1 Å². The highest BCUT2D eigenvalue weighted by atomic mass is 32.2. The van der Waals surface area contributed by atoms with Crippen LogP contribution >= 0.6 is 24.0 Å². The van der Waals surface area contributed by atoms with Crippen molar-refractivity contribution in [1.82, 2.24) is 4.90 Å². The number of carbonyl (C=O) groups excluding carboxylic acids is 1. The Morgan fingerprint density at radius 3 is 2.68 bits per heavy atom. The van der Waals surface area contributed by atoms with E-state index in [1.165, 1.54) is 4.90 Å². The quantitative estimate of drug-likeness (QED) is 0.656. The van der Waals surface area contributed by atoms with E-state index >= 15 is 0 Å². The van der Waals surface area contributed by atoms with Gasteiger partial charge in [-0.25, -0.2) is 4.79 Å². The highest BCUT2D eigenvalue weighted by molar-refractivity contribution is 8.26. The Morgan fingerprint density at radius 2 is 2.18 bits per heavy atom. The van der Waals surface area contributed by atoms with Gasteiger partial charge in [0.05, 0.1) is 4.91 Å². The molecule has 5 nitrogen and oxygen atoms in total. The molecule has 1 atom stereocenters. The molecule has 1 aliphatic heterocycles. The second kappa shape index (κ2) is 6.66. The SMILES string of the molecule is Cc1ccc(/C=C2/SC(=S)N(C(CC(C)C)C(=O)O)C2=O)o1. The minimum absolute atomic E-state index is 0.141. The predicted octanol–water partition coefficient (Wildman–Crippen LogP) is 3.29. The van der Waals surface area contributed by atoms with Crippen LogP contribution in [0.3, 0.4) is 0 Å². The third-order valence-electron chi connectivity index (χ3n) is 3.15. The molecule has 0 aromatic carbocycles. The maximum atomic E-state index is 12.5. The lowest BCUT2D eigenvalue weighted by Gasteiger charge is -2.24. The predicted molar refractivity (Wildman–Crippen MR) is 89.3 cm³/mol. The summed E-state index contributed by atoms with van der Waals surface area (Å²) in [6.07, 6.45) is 1.95. The molecule has 1 unspecified atom stereocenters. The summed E-state index contributed by atoms with van der Waals surface area (Å²) in [7, 11) is 0. The molecule has 0 bridgehead atoms. The average molecular weight is 339 g/mol. The van der Waals surface area contributed by atoms with E-state index in [9.17, 15) is 14.7 Å². The van der Waals surface area contributed by atoms with E-state index in [1.807, 2.05) is 20.8 Å². The standard InChI is InChI=1S/C15H17NO4S2/c1-8(2)6-11(14(18)19)16-13(17)12(22-15(16)21)7-10-5-4-9(3)20-10/h4-5,7-8,11H,6H2,1-3H3,(H,18,19)/b12-7+. The summed E-state index contributed by atoms with van der Waals surface area (Å²) in [6.45, 7) is 5.63. The van der Waals surface area contributed by atoms with Crippen LogP contribution in [0.25, 0.3) is 6.08 Å². The van der Waals surface area contributed by atoms with Crippen molar-refractivity contribution in [2.75, 3.05) is 0 Å². The Hall–Kier alpha value is -1.60. The van der Waals surface area contributed by atoms with Gasteiger partial charge in [-0.05, 0) is 31.4 Å². The van der Waals surface area contributed by atoms with Gasteiger partial charge in [-0.2, -0.15) is 0 Å². The van der Waals surface area contributed by atoms with Crippen molar-refractivity contribution in [1.29, 1.82) is 0 Å². The number of hydrogen-bond donors (Lipinski definition) is 1. The van der Waals surface area contributed by atoms with Crippen molar-refractivity contribution < 1.29 is 19.1 Å². The van der Waals surface area contributed by atoms with Crippen LogP contribution in [0.1, 0.15) is 31.8 Å². The molecular formula is C15H17NO4S2. The number of aryl methyl sites for hydroxylation is 1. The van der Waals surface area contributed by atoms with E-state index in [-0.39, 0.29) is 16.1 Å². The fourth-order valence-corrected chi connectivity index (χ4v) is 3.51. The zero-order chi connectivity index (χ0) is 16.4. The van der Waals surface area contributed by atoms with Gasteiger partial charge in [-0.1, -0.05) is 37.8 Å². The normalized spacial score (nSPS) is 18.5. The van der Waals surface area contributed by atoms with E-state index in [1.54, 1.807) is 18.2 Å². The summed E-state index contributed by atoms with van der Waals surface area (Å²) in [5.74, 6) is 0.0123. The summed E-state index contributed by atoms with van der Waals surface area (Å²) in [6, 6.07) is 2.62. The van der Waals surface area contributed by atoms with Crippen LogP contribution in [-0.2, 0) is 9.59 Å². The zero-order valence-corrected chi connectivity index (χ0v) is 14.2. The Labute approximate surface area is 138 Å². The molecule has 0 spiro atoms. The maximum Gasteiger partial charge on any atom is 0.326 e. The summed E-state index contributed by atoms with van der Waals surface area (Å²) in [5, 5.41) is 9.40. The highest BCUT2D eigenvalue weighted by Gasteiger charge is 2.40. The second-order valence-corrected chi connectivity index (χ2v) is 7.16. The van der Waals surface area contributed by atoms with Crippen molar-refractivity contribution in [3.05, 3.63) is 28.6 Å². The number of furan rings is 1. The zero-order valence-electron chi connectivity index (χ0n) is 12.5. The molecule has 1 N–H and O–H groups in total. The Bertz CT molecular complexity index is 648. The van der Waals surface area contributed by atoms with Gasteiger partial charge >= 0.3 is 5.97 Å². The first-order valence-electron chi connectivity index (χ1n) is 6.86. The minimum Gasteiger partial charge on any atom is -0.480 e. The fraction of sp³-hybridized carbons (Fsp3) is 0.400. The molecule has 1 aromatic heterocycles. The third kappa shape index (κ3) is 3.59. The largest absolute Gasteiger partial charge is 0.480 e. The number of amides is 1. The van der Waals surface area contributed by atoms with Gasteiger partial charge in [0.25, 0.3) is 5.91 Å². The molecule has 22 heavy (non-hydrogen) atoms. The molecule has 1 amide bonds. The second-order valence-electron chi connectivity index (χ2n) is 5.48. The number of nitrogens with zero attached hydrogens (tertiary/aromatic N) is 1. The number of thiocarbonyl (C=S) groups is 1. The molecule has 0 saturated carbocycles. The number of thioether (sulfide) groups is 1. The molecule has 2 heterocycles. The van der Waals surface area contributed by atoms with E-state index < -0.39 is 12.0 Å². The molecular weight excluding hydrogens is 322 g/mol. The third-order valence-corrected chi connectivity index (χ3v) is 4.48. The number of carboxylic acids is 1. The van der Waals surface area contributed by atoms with Gasteiger partial charge in [0.1, 0.15) is 21.9 Å². The average Bonchev–Trinajstić information content (AvgIpc) is 2.92. The molecule has 0 aliphatic carbocycles. The monoisotopic (exact) mass is 339 g/mol. The number of carbonyl (C=O) groups is 2.